The van der Waals surface area contributed by atoms with E-state index in [2.05, 4.69) is 15.6 Å². The van der Waals surface area contributed by atoms with E-state index in [1.54, 1.807) is 12.3 Å². The molecule has 2 atom stereocenters. The van der Waals surface area contributed by atoms with Gasteiger partial charge in [-0.25, -0.2) is 14.2 Å². The maximum atomic E-state index is 13.4. The number of imidazole rings is 1. The summed E-state index contributed by atoms with van der Waals surface area (Å²) in [6.45, 7) is 1.06. The number of urea groups is 1. The molecule has 2 amide bonds. The first-order valence-corrected chi connectivity index (χ1v) is 8.49. The molecule has 0 bridgehead atoms. The highest BCUT2D eigenvalue weighted by atomic mass is 19.1. The van der Waals surface area contributed by atoms with Crippen molar-refractivity contribution in [3.05, 3.63) is 53.9 Å². The van der Waals surface area contributed by atoms with E-state index >= 15 is 0 Å². The average Bonchev–Trinajstić information content (AvgIpc) is 3.00. The molecule has 2 unspecified atom stereocenters. The topological polar surface area (TPSA) is 68.2 Å². The van der Waals surface area contributed by atoms with E-state index in [0.717, 1.165) is 17.8 Å². The molecule has 0 aliphatic carbocycles. The number of hydrogen-bond donors (Lipinski definition) is 2. The first-order chi connectivity index (χ1) is 12.1. The first-order valence-electron chi connectivity index (χ1n) is 8.49. The van der Waals surface area contributed by atoms with Crippen molar-refractivity contribution >= 4 is 6.03 Å². The van der Waals surface area contributed by atoms with Crippen LogP contribution in [0.5, 0.6) is 0 Å². The Labute approximate surface area is 146 Å². The molecule has 1 fully saturated rings. The summed E-state index contributed by atoms with van der Waals surface area (Å²) in [5.41, 5.74) is 0.807. The van der Waals surface area contributed by atoms with E-state index in [1.165, 1.54) is 12.1 Å². The number of amides is 2. The molecule has 25 heavy (non-hydrogen) atoms. The number of nitrogens with one attached hydrogen (secondary N) is 2. The highest BCUT2D eigenvalue weighted by molar-refractivity contribution is 5.74. The molecule has 134 valence electrons. The van der Waals surface area contributed by atoms with E-state index in [-0.39, 0.29) is 24.0 Å². The van der Waals surface area contributed by atoms with Crippen LogP contribution in [-0.2, 0) is 18.2 Å². The summed E-state index contributed by atoms with van der Waals surface area (Å²) in [5, 5.41) is 5.83. The van der Waals surface area contributed by atoms with Gasteiger partial charge in [0.2, 0.25) is 0 Å². The Kier molecular flexibility index (Phi) is 5.65. The summed E-state index contributed by atoms with van der Waals surface area (Å²) in [6.07, 6.45) is 5.49. The summed E-state index contributed by atoms with van der Waals surface area (Å²) >= 11 is 0. The average molecular weight is 346 g/mol. The van der Waals surface area contributed by atoms with E-state index in [9.17, 15) is 9.18 Å². The lowest BCUT2D eigenvalue weighted by Crippen LogP contribution is -2.45. The summed E-state index contributed by atoms with van der Waals surface area (Å²) in [5.74, 6) is 0.653. The second kappa shape index (κ2) is 8.11. The minimum atomic E-state index is -0.275. The Morgan fingerprint density at radius 3 is 3.12 bits per heavy atom. The number of halogens is 1. The maximum Gasteiger partial charge on any atom is 0.315 e. The molecule has 2 aromatic rings. The van der Waals surface area contributed by atoms with Crippen molar-refractivity contribution in [2.45, 2.75) is 31.4 Å². The Morgan fingerprint density at radius 1 is 1.48 bits per heavy atom. The number of nitrogens with zero attached hydrogens (tertiary/aromatic N) is 2. The number of carbonyl (C=O) groups is 1. The Balaban J connectivity index is 1.45. The van der Waals surface area contributed by atoms with Crippen LogP contribution in [0.2, 0.25) is 0 Å². The van der Waals surface area contributed by atoms with E-state index in [4.69, 9.17) is 4.74 Å². The van der Waals surface area contributed by atoms with Crippen LogP contribution < -0.4 is 10.6 Å². The molecule has 0 radical (unpaired) electrons. The van der Waals surface area contributed by atoms with Crippen LogP contribution in [0.25, 0.3) is 0 Å². The van der Waals surface area contributed by atoms with Gasteiger partial charge in [-0.15, -0.1) is 0 Å². The van der Waals surface area contributed by atoms with Gasteiger partial charge in [-0.2, -0.15) is 0 Å². The highest BCUT2D eigenvalue weighted by Crippen LogP contribution is 2.28. The van der Waals surface area contributed by atoms with Crippen LogP contribution in [0.1, 0.15) is 30.3 Å². The largest absolute Gasteiger partial charge is 0.373 e. The minimum absolute atomic E-state index is 0.00942. The summed E-state index contributed by atoms with van der Waals surface area (Å²) in [6, 6.07) is 6.24. The van der Waals surface area contributed by atoms with E-state index in [0.29, 0.717) is 26.0 Å². The number of benzene rings is 1. The van der Waals surface area contributed by atoms with Gasteiger partial charge in [0.1, 0.15) is 11.6 Å². The van der Waals surface area contributed by atoms with Crippen LogP contribution in [0.3, 0.4) is 0 Å². The molecule has 6 nitrogen and oxygen atoms in total. The fraction of sp³-hybridized carbons (Fsp3) is 0.444. The van der Waals surface area contributed by atoms with Crippen molar-refractivity contribution in [1.29, 1.82) is 0 Å². The molecule has 0 spiro atoms. The third-order valence-corrected chi connectivity index (χ3v) is 4.39. The third kappa shape index (κ3) is 4.79. The second-order valence-electron chi connectivity index (χ2n) is 6.24. The van der Waals surface area contributed by atoms with E-state index < -0.39 is 0 Å². The van der Waals surface area contributed by atoms with Crippen LogP contribution in [-0.4, -0.2) is 34.8 Å². The summed E-state index contributed by atoms with van der Waals surface area (Å²) < 4.78 is 21.0. The van der Waals surface area contributed by atoms with Crippen molar-refractivity contribution in [3.8, 4) is 0 Å². The van der Waals surface area contributed by atoms with Gasteiger partial charge in [0.05, 0.1) is 6.10 Å². The van der Waals surface area contributed by atoms with Crippen molar-refractivity contribution in [1.82, 2.24) is 20.2 Å². The Bertz CT molecular complexity index is 719. The Morgan fingerprint density at radius 2 is 2.36 bits per heavy atom. The predicted molar refractivity (Wildman–Crippen MR) is 91.6 cm³/mol. The van der Waals surface area contributed by atoms with Gasteiger partial charge >= 0.3 is 6.03 Å². The minimum Gasteiger partial charge on any atom is -0.373 e. The SMILES string of the molecule is Cn1ccnc1CCNC(=O)NC1CCOC(c2cccc(F)c2)C1. The molecule has 1 aromatic carbocycles. The predicted octanol–water partition coefficient (Wildman–Crippen LogP) is 2.32. The van der Waals surface area contributed by atoms with Gasteiger partial charge in [0.25, 0.3) is 0 Å². The number of rotatable bonds is 5. The summed E-state index contributed by atoms with van der Waals surface area (Å²) in [7, 11) is 1.93. The monoisotopic (exact) mass is 346 g/mol. The van der Waals surface area contributed by atoms with Crippen molar-refractivity contribution in [2.75, 3.05) is 13.2 Å². The van der Waals surface area contributed by atoms with E-state index in [1.807, 2.05) is 23.9 Å². The molecular weight excluding hydrogens is 323 g/mol. The lowest BCUT2D eigenvalue weighted by Gasteiger charge is -2.30. The smallest absolute Gasteiger partial charge is 0.315 e. The second-order valence-corrected chi connectivity index (χ2v) is 6.24. The van der Waals surface area contributed by atoms with Crippen molar-refractivity contribution in [3.63, 3.8) is 0 Å². The highest BCUT2D eigenvalue weighted by Gasteiger charge is 2.25. The zero-order chi connectivity index (χ0) is 17.6. The molecule has 1 saturated heterocycles. The molecule has 1 aliphatic rings. The lowest BCUT2D eigenvalue weighted by molar-refractivity contribution is 0.00211. The standard InChI is InChI=1S/C18H23FN4O2/c1-23-9-8-20-17(23)5-7-21-18(24)22-15-6-10-25-16(12-15)13-3-2-4-14(19)11-13/h2-4,8-9,11,15-16H,5-7,10,12H2,1H3,(H2,21,22,24). The zero-order valence-corrected chi connectivity index (χ0v) is 14.2. The molecule has 7 heteroatoms. The van der Waals surface area contributed by atoms with Crippen LogP contribution >= 0.6 is 0 Å². The number of hydrogen-bond acceptors (Lipinski definition) is 3. The summed E-state index contributed by atoms with van der Waals surface area (Å²) in [4.78, 5) is 16.3. The van der Waals surface area contributed by atoms with Crippen molar-refractivity contribution in [2.24, 2.45) is 7.05 Å². The lowest BCUT2D eigenvalue weighted by atomic mass is 9.97. The van der Waals surface area contributed by atoms with Gasteiger partial charge in [0.15, 0.2) is 0 Å². The molecule has 1 aliphatic heterocycles. The number of aryl methyl sites for hydroxylation is 1. The fourth-order valence-corrected chi connectivity index (χ4v) is 3.03. The first kappa shape index (κ1) is 17.4. The van der Waals surface area contributed by atoms with Gasteiger partial charge in [-0.3, -0.25) is 0 Å². The molecule has 2 heterocycles. The molecule has 0 saturated carbocycles. The number of aromatic nitrogens is 2. The molecule has 3 rings (SSSR count). The van der Waals surface area contributed by atoms with Gasteiger partial charge < -0.3 is 19.9 Å². The van der Waals surface area contributed by atoms with Gasteiger partial charge in [-0.1, -0.05) is 12.1 Å². The fourth-order valence-electron chi connectivity index (χ4n) is 3.03. The zero-order valence-electron chi connectivity index (χ0n) is 14.2. The maximum absolute atomic E-state index is 13.4. The van der Waals surface area contributed by atoms with Gasteiger partial charge in [0, 0.05) is 45.1 Å². The Hall–Kier alpha value is -2.41. The molecular formula is C18H23FN4O2. The number of carbonyl (C=O) groups excluding carboxylic acids is 1. The molecule has 1 aromatic heterocycles. The third-order valence-electron chi connectivity index (χ3n) is 4.39. The van der Waals surface area contributed by atoms with Crippen LogP contribution in [0.15, 0.2) is 36.7 Å². The van der Waals surface area contributed by atoms with Gasteiger partial charge in [-0.05, 0) is 30.5 Å². The van der Waals surface area contributed by atoms with Crippen molar-refractivity contribution < 1.29 is 13.9 Å². The quantitative estimate of drug-likeness (QED) is 0.873. The molecule has 2 N–H and O–H groups in total. The van der Waals surface area contributed by atoms with Crippen LogP contribution in [0.4, 0.5) is 9.18 Å². The number of ether oxygens (including phenoxy) is 1. The normalized spacial score (nSPS) is 20.2. The van der Waals surface area contributed by atoms with Crippen LogP contribution in [0, 0.1) is 5.82 Å².